The molecule has 4 atom stereocenters. The molecule has 0 radical (unpaired) electrons. The molecule has 0 spiro atoms. The summed E-state index contributed by atoms with van der Waals surface area (Å²) in [5.41, 5.74) is 0. The Morgan fingerprint density at radius 1 is 1.57 bits per heavy atom. The van der Waals surface area contributed by atoms with E-state index in [1.807, 2.05) is 0 Å². The number of nitrogens with one attached hydrogen (secondary N) is 2. The van der Waals surface area contributed by atoms with Crippen LogP contribution in [0.25, 0.3) is 0 Å². The van der Waals surface area contributed by atoms with Gasteiger partial charge in [-0.2, -0.15) is 5.10 Å². The van der Waals surface area contributed by atoms with Crippen LogP contribution in [0, 0.1) is 11.8 Å². The molecule has 2 aliphatic rings. The van der Waals surface area contributed by atoms with E-state index < -0.39 is 0 Å². The Hall–Kier alpha value is -0.900. The van der Waals surface area contributed by atoms with Gasteiger partial charge in [0.2, 0.25) is 0 Å². The summed E-state index contributed by atoms with van der Waals surface area (Å²) in [6.07, 6.45) is 5.78. The van der Waals surface area contributed by atoms with Crippen LogP contribution < -0.4 is 5.32 Å². The molecule has 4 nitrogen and oxygen atoms in total. The van der Waals surface area contributed by atoms with Crippen molar-refractivity contribution in [2.75, 3.05) is 0 Å². The van der Waals surface area contributed by atoms with E-state index in [2.05, 4.69) is 27.4 Å². The summed E-state index contributed by atoms with van der Waals surface area (Å²) < 4.78 is 0. The average Bonchev–Trinajstić information content (AvgIpc) is 2.66. The third-order valence-corrected chi connectivity index (χ3v) is 3.65. The second-order valence-corrected chi connectivity index (χ2v) is 4.60. The minimum atomic E-state index is 0.307. The molecule has 0 bridgehead atoms. The average molecular weight is 192 g/mol. The Morgan fingerprint density at radius 2 is 2.50 bits per heavy atom. The lowest BCUT2D eigenvalue weighted by molar-refractivity contribution is 0.414. The van der Waals surface area contributed by atoms with Crippen LogP contribution in [0.5, 0.6) is 0 Å². The molecule has 2 aliphatic carbocycles. The van der Waals surface area contributed by atoms with Crippen molar-refractivity contribution in [3.63, 3.8) is 0 Å². The topological polar surface area (TPSA) is 53.6 Å². The van der Waals surface area contributed by atoms with Crippen LogP contribution >= 0.6 is 0 Å². The molecule has 4 heteroatoms. The molecule has 2 saturated carbocycles. The Bertz CT molecular complexity index is 308. The van der Waals surface area contributed by atoms with Crippen molar-refractivity contribution in [1.29, 1.82) is 0 Å². The van der Waals surface area contributed by atoms with Crippen molar-refractivity contribution >= 4 is 0 Å². The molecule has 3 rings (SSSR count). The van der Waals surface area contributed by atoms with Gasteiger partial charge in [0.1, 0.15) is 12.2 Å². The van der Waals surface area contributed by atoms with Crippen LogP contribution in [0.15, 0.2) is 6.33 Å². The van der Waals surface area contributed by atoms with Gasteiger partial charge in [-0.05, 0) is 38.0 Å². The summed E-state index contributed by atoms with van der Waals surface area (Å²) in [4.78, 5) is 4.17. The standard InChI is InChI=1S/C10H16N4/c1-6(10-11-5-12-14-10)13-9-3-2-7-4-8(7)9/h5-9,13H,2-4H2,1H3,(H,11,12,14)/t6?,7-,8+,9?/m1/s1. The van der Waals surface area contributed by atoms with E-state index in [4.69, 9.17) is 0 Å². The molecule has 76 valence electrons. The van der Waals surface area contributed by atoms with Crippen LogP contribution in [-0.2, 0) is 0 Å². The highest BCUT2D eigenvalue weighted by atomic mass is 15.2. The lowest BCUT2D eigenvalue weighted by Crippen LogP contribution is -2.32. The summed E-state index contributed by atoms with van der Waals surface area (Å²) in [5.74, 6) is 2.95. The van der Waals surface area contributed by atoms with Crippen LogP contribution in [0.1, 0.15) is 38.1 Å². The molecular formula is C10H16N4. The SMILES string of the molecule is CC(NC1CC[C@@H]2C[C@H]12)c1ncn[nH]1. The van der Waals surface area contributed by atoms with E-state index in [-0.39, 0.29) is 0 Å². The first-order valence-corrected chi connectivity index (χ1v) is 5.46. The Morgan fingerprint density at radius 3 is 3.07 bits per heavy atom. The van der Waals surface area contributed by atoms with Crippen molar-refractivity contribution in [1.82, 2.24) is 20.5 Å². The normalized spacial score (nSPS) is 36.8. The van der Waals surface area contributed by atoms with Gasteiger partial charge < -0.3 is 5.32 Å². The minimum absolute atomic E-state index is 0.307. The van der Waals surface area contributed by atoms with Crippen molar-refractivity contribution in [3.05, 3.63) is 12.2 Å². The van der Waals surface area contributed by atoms with Gasteiger partial charge in [0.25, 0.3) is 0 Å². The molecule has 14 heavy (non-hydrogen) atoms. The van der Waals surface area contributed by atoms with Gasteiger partial charge in [-0.15, -0.1) is 0 Å². The number of aromatic nitrogens is 3. The Balaban J connectivity index is 1.61. The van der Waals surface area contributed by atoms with Gasteiger partial charge >= 0.3 is 0 Å². The first-order chi connectivity index (χ1) is 6.84. The summed E-state index contributed by atoms with van der Waals surface area (Å²) in [7, 11) is 0. The van der Waals surface area contributed by atoms with Crippen molar-refractivity contribution in [2.45, 2.75) is 38.3 Å². The number of hydrogen-bond donors (Lipinski definition) is 2. The zero-order chi connectivity index (χ0) is 9.54. The maximum atomic E-state index is 4.17. The predicted octanol–water partition coefficient (Wildman–Crippen LogP) is 1.25. The molecule has 1 heterocycles. The van der Waals surface area contributed by atoms with Crippen molar-refractivity contribution in [2.24, 2.45) is 11.8 Å². The van der Waals surface area contributed by atoms with E-state index in [1.54, 1.807) is 6.33 Å². The predicted molar refractivity (Wildman–Crippen MR) is 52.6 cm³/mol. The fourth-order valence-electron chi connectivity index (χ4n) is 2.73. The van der Waals surface area contributed by atoms with Crippen LogP contribution in [0.3, 0.4) is 0 Å². The summed E-state index contributed by atoms with van der Waals surface area (Å²) in [6, 6.07) is 1.03. The molecule has 2 N–H and O–H groups in total. The maximum Gasteiger partial charge on any atom is 0.141 e. The number of fused-ring (bicyclic) bond motifs is 1. The molecule has 2 unspecified atom stereocenters. The molecule has 0 amide bonds. The molecule has 0 aliphatic heterocycles. The van der Waals surface area contributed by atoms with Gasteiger partial charge in [-0.3, -0.25) is 5.10 Å². The van der Waals surface area contributed by atoms with Crippen LogP contribution in [0.4, 0.5) is 0 Å². The smallest absolute Gasteiger partial charge is 0.141 e. The second kappa shape index (κ2) is 3.05. The molecule has 1 aromatic heterocycles. The lowest BCUT2D eigenvalue weighted by Gasteiger charge is -2.18. The number of aromatic amines is 1. The van der Waals surface area contributed by atoms with E-state index in [9.17, 15) is 0 Å². The van der Waals surface area contributed by atoms with Gasteiger partial charge in [0.05, 0.1) is 6.04 Å². The number of hydrogen-bond acceptors (Lipinski definition) is 3. The van der Waals surface area contributed by atoms with E-state index in [0.717, 1.165) is 23.7 Å². The third-order valence-electron chi connectivity index (χ3n) is 3.65. The molecule has 0 aromatic carbocycles. The third kappa shape index (κ3) is 1.34. The molecule has 2 fully saturated rings. The Kier molecular flexibility index (Phi) is 1.83. The highest BCUT2D eigenvalue weighted by molar-refractivity contribution is 5.03. The van der Waals surface area contributed by atoms with Crippen molar-refractivity contribution in [3.8, 4) is 0 Å². The highest BCUT2D eigenvalue weighted by Gasteiger charge is 2.48. The van der Waals surface area contributed by atoms with Gasteiger partial charge in [0.15, 0.2) is 0 Å². The van der Waals surface area contributed by atoms with Gasteiger partial charge in [0, 0.05) is 6.04 Å². The lowest BCUT2D eigenvalue weighted by atomic mass is 10.1. The number of nitrogens with zero attached hydrogens (tertiary/aromatic N) is 2. The fraction of sp³-hybridized carbons (Fsp3) is 0.800. The first kappa shape index (κ1) is 8.41. The molecule has 0 saturated heterocycles. The highest BCUT2D eigenvalue weighted by Crippen LogP contribution is 2.52. The van der Waals surface area contributed by atoms with E-state index in [0.29, 0.717) is 6.04 Å². The zero-order valence-electron chi connectivity index (χ0n) is 8.40. The van der Waals surface area contributed by atoms with Crippen LogP contribution in [0.2, 0.25) is 0 Å². The fourth-order valence-corrected chi connectivity index (χ4v) is 2.73. The van der Waals surface area contributed by atoms with Gasteiger partial charge in [-0.1, -0.05) is 0 Å². The Labute approximate surface area is 83.5 Å². The van der Waals surface area contributed by atoms with Crippen LogP contribution in [-0.4, -0.2) is 21.2 Å². The zero-order valence-corrected chi connectivity index (χ0v) is 8.40. The summed E-state index contributed by atoms with van der Waals surface area (Å²) in [6.45, 7) is 2.15. The quantitative estimate of drug-likeness (QED) is 0.758. The number of H-pyrrole nitrogens is 1. The van der Waals surface area contributed by atoms with Gasteiger partial charge in [-0.25, -0.2) is 4.98 Å². The summed E-state index contributed by atoms with van der Waals surface area (Å²) in [5, 5.41) is 10.4. The monoisotopic (exact) mass is 192 g/mol. The molecular weight excluding hydrogens is 176 g/mol. The number of rotatable bonds is 3. The second-order valence-electron chi connectivity index (χ2n) is 4.60. The maximum absolute atomic E-state index is 4.17. The minimum Gasteiger partial charge on any atom is -0.304 e. The summed E-state index contributed by atoms with van der Waals surface area (Å²) >= 11 is 0. The first-order valence-electron chi connectivity index (χ1n) is 5.46. The van der Waals surface area contributed by atoms with Crippen molar-refractivity contribution < 1.29 is 0 Å². The van der Waals surface area contributed by atoms with E-state index in [1.165, 1.54) is 19.3 Å². The molecule has 1 aromatic rings. The van der Waals surface area contributed by atoms with E-state index >= 15 is 0 Å². The largest absolute Gasteiger partial charge is 0.304 e.